The molecule has 0 saturated carbocycles. The second-order valence-electron chi connectivity index (χ2n) is 10.6. The maximum atomic E-state index is 14.4. The topological polar surface area (TPSA) is 68.4 Å². The number of aromatic amines is 1. The normalized spacial score (nSPS) is 17.2. The van der Waals surface area contributed by atoms with Crippen molar-refractivity contribution >= 4 is 40.0 Å². The van der Waals surface area contributed by atoms with E-state index in [0.717, 1.165) is 53.5 Å². The van der Waals surface area contributed by atoms with Gasteiger partial charge in [-0.3, -0.25) is 9.59 Å². The Hall–Kier alpha value is -2.83. The molecule has 2 aromatic carbocycles. The molecule has 2 N–H and O–H groups in total. The van der Waals surface area contributed by atoms with Gasteiger partial charge in [-0.1, -0.05) is 50.6 Å². The molecule has 3 atom stereocenters. The Morgan fingerprint density at radius 2 is 1.89 bits per heavy atom. The van der Waals surface area contributed by atoms with Crippen LogP contribution in [-0.4, -0.2) is 54.9 Å². The molecule has 7 heteroatoms. The van der Waals surface area contributed by atoms with Crippen molar-refractivity contribution < 1.29 is 9.59 Å². The van der Waals surface area contributed by atoms with Gasteiger partial charge < -0.3 is 20.1 Å². The minimum Gasteiger partial charge on any atom is -0.361 e. The van der Waals surface area contributed by atoms with Gasteiger partial charge in [0.05, 0.1) is 0 Å². The lowest BCUT2D eigenvalue weighted by atomic mass is 9.88. The first kappa shape index (κ1) is 27.2. The zero-order valence-electron chi connectivity index (χ0n) is 22.6. The second-order valence-corrected chi connectivity index (χ2v) is 11.1. The van der Waals surface area contributed by atoms with Gasteiger partial charge in [0, 0.05) is 52.7 Å². The number of rotatable bonds is 9. The van der Waals surface area contributed by atoms with E-state index in [1.165, 1.54) is 0 Å². The van der Waals surface area contributed by atoms with Crippen molar-refractivity contribution in [1.29, 1.82) is 0 Å². The van der Waals surface area contributed by atoms with Gasteiger partial charge in [-0.25, -0.2) is 0 Å². The monoisotopic (exact) mass is 522 g/mol. The molecule has 4 rings (SSSR count). The van der Waals surface area contributed by atoms with Crippen molar-refractivity contribution in [2.45, 2.75) is 52.0 Å². The van der Waals surface area contributed by atoms with Crippen LogP contribution in [0.4, 0.5) is 5.69 Å². The average molecular weight is 523 g/mol. The molecule has 0 aliphatic carbocycles. The fourth-order valence-electron chi connectivity index (χ4n) is 5.71. The first-order valence-corrected chi connectivity index (χ1v) is 13.7. The molecule has 198 valence electrons. The molecule has 0 saturated heterocycles. The average Bonchev–Trinajstić information content (AvgIpc) is 3.30. The number of benzene rings is 2. The largest absolute Gasteiger partial charge is 0.361 e. The number of carbonyl (C=O) groups excluding carboxylic acids is 2. The van der Waals surface area contributed by atoms with E-state index in [0.29, 0.717) is 11.6 Å². The van der Waals surface area contributed by atoms with E-state index in [-0.39, 0.29) is 29.6 Å². The predicted octanol–water partition coefficient (Wildman–Crippen LogP) is 5.61. The highest BCUT2D eigenvalue weighted by molar-refractivity contribution is 6.30. The Morgan fingerprint density at radius 1 is 1.16 bits per heavy atom. The highest BCUT2D eigenvalue weighted by Gasteiger charge is 2.37. The van der Waals surface area contributed by atoms with Crippen LogP contribution in [0.15, 0.2) is 48.7 Å². The minimum absolute atomic E-state index is 0.0618. The number of halogens is 1. The van der Waals surface area contributed by atoms with E-state index in [2.05, 4.69) is 35.4 Å². The number of nitrogens with zero attached hydrogens (tertiary/aromatic N) is 2. The smallest absolute Gasteiger partial charge is 0.250 e. The molecular weight excluding hydrogens is 484 g/mol. The van der Waals surface area contributed by atoms with E-state index in [1.54, 1.807) is 0 Å². The molecule has 0 fully saturated rings. The SMILES string of the molecule is CCC(CC)C(=O)NC(C(=O)N1C[C@@H](CN(C)C)Cc2cc(Cl)ccc21)C(C)c1c[nH]c2ccccc12. The molecule has 6 nitrogen and oxygen atoms in total. The van der Waals surface area contributed by atoms with Crippen molar-refractivity contribution in [3.63, 3.8) is 0 Å². The Kier molecular flexibility index (Phi) is 8.60. The fraction of sp³-hybridized carbons (Fsp3) is 0.467. The molecule has 3 aromatic rings. The van der Waals surface area contributed by atoms with Crippen LogP contribution < -0.4 is 10.2 Å². The van der Waals surface area contributed by atoms with Crippen LogP contribution in [0.2, 0.25) is 5.02 Å². The quantitative estimate of drug-likeness (QED) is 0.383. The van der Waals surface area contributed by atoms with Gasteiger partial charge in [0.25, 0.3) is 0 Å². The maximum absolute atomic E-state index is 14.4. The van der Waals surface area contributed by atoms with E-state index in [1.807, 2.05) is 68.3 Å². The van der Waals surface area contributed by atoms with Crippen molar-refractivity contribution in [2.24, 2.45) is 11.8 Å². The highest BCUT2D eigenvalue weighted by Crippen LogP contribution is 2.35. The van der Waals surface area contributed by atoms with Crippen LogP contribution in [0.25, 0.3) is 10.9 Å². The lowest BCUT2D eigenvalue weighted by Crippen LogP contribution is -2.55. The van der Waals surface area contributed by atoms with E-state index in [9.17, 15) is 9.59 Å². The minimum atomic E-state index is -0.700. The number of amides is 2. The molecule has 2 unspecified atom stereocenters. The lowest BCUT2D eigenvalue weighted by Gasteiger charge is -2.39. The van der Waals surface area contributed by atoms with Gasteiger partial charge in [-0.05, 0) is 74.7 Å². The predicted molar refractivity (Wildman–Crippen MR) is 152 cm³/mol. The third kappa shape index (κ3) is 5.86. The summed E-state index contributed by atoms with van der Waals surface area (Å²) in [6, 6.07) is 13.1. The second kappa shape index (κ2) is 11.7. The Balaban J connectivity index is 1.74. The van der Waals surface area contributed by atoms with Crippen molar-refractivity contribution in [1.82, 2.24) is 15.2 Å². The van der Waals surface area contributed by atoms with Gasteiger partial charge in [-0.2, -0.15) is 0 Å². The van der Waals surface area contributed by atoms with Crippen LogP contribution in [0.5, 0.6) is 0 Å². The number of carbonyl (C=O) groups is 2. The van der Waals surface area contributed by atoms with Crippen LogP contribution in [0.3, 0.4) is 0 Å². The summed E-state index contributed by atoms with van der Waals surface area (Å²) in [6.45, 7) is 7.53. The third-order valence-corrected chi connectivity index (χ3v) is 7.94. The zero-order chi connectivity index (χ0) is 26.7. The summed E-state index contributed by atoms with van der Waals surface area (Å²) in [5.41, 5.74) is 4.00. The highest BCUT2D eigenvalue weighted by atomic mass is 35.5. The van der Waals surface area contributed by atoms with Gasteiger partial charge in [0.15, 0.2) is 0 Å². The first-order valence-electron chi connectivity index (χ1n) is 13.3. The third-order valence-electron chi connectivity index (χ3n) is 7.70. The summed E-state index contributed by atoms with van der Waals surface area (Å²) in [7, 11) is 4.11. The molecule has 0 spiro atoms. The van der Waals surface area contributed by atoms with Crippen molar-refractivity contribution in [3.05, 3.63) is 64.8 Å². The molecule has 37 heavy (non-hydrogen) atoms. The van der Waals surface area contributed by atoms with Crippen molar-refractivity contribution in [3.8, 4) is 0 Å². The van der Waals surface area contributed by atoms with Crippen LogP contribution in [-0.2, 0) is 16.0 Å². The van der Waals surface area contributed by atoms with Crippen LogP contribution >= 0.6 is 11.6 Å². The number of aromatic nitrogens is 1. The van der Waals surface area contributed by atoms with Crippen LogP contribution in [0, 0.1) is 11.8 Å². The molecule has 2 amide bonds. The van der Waals surface area contributed by atoms with Crippen LogP contribution in [0.1, 0.15) is 50.7 Å². The van der Waals surface area contributed by atoms with Gasteiger partial charge in [0.2, 0.25) is 11.8 Å². The number of hydrogen-bond acceptors (Lipinski definition) is 3. The van der Waals surface area contributed by atoms with Gasteiger partial charge in [0.1, 0.15) is 6.04 Å². The zero-order valence-corrected chi connectivity index (χ0v) is 23.3. The number of para-hydroxylation sites is 1. The fourth-order valence-corrected chi connectivity index (χ4v) is 5.90. The summed E-state index contributed by atoms with van der Waals surface area (Å²) >= 11 is 6.35. The molecule has 2 heterocycles. The molecule has 1 aliphatic heterocycles. The number of H-pyrrole nitrogens is 1. The summed E-state index contributed by atoms with van der Waals surface area (Å²) in [5, 5.41) is 4.93. The lowest BCUT2D eigenvalue weighted by molar-refractivity contribution is -0.130. The summed E-state index contributed by atoms with van der Waals surface area (Å²) in [6.07, 6.45) is 4.31. The number of hydrogen-bond donors (Lipinski definition) is 2. The summed E-state index contributed by atoms with van der Waals surface area (Å²) in [4.78, 5) is 35.1. The van der Waals surface area contributed by atoms with Crippen molar-refractivity contribution in [2.75, 3.05) is 32.1 Å². The maximum Gasteiger partial charge on any atom is 0.250 e. The molecule has 1 aromatic heterocycles. The van der Waals surface area contributed by atoms with Gasteiger partial charge in [-0.15, -0.1) is 0 Å². The van der Waals surface area contributed by atoms with Gasteiger partial charge >= 0.3 is 0 Å². The standard InChI is InChI=1S/C30H39ClN4O2/c1-6-21(7-2)29(36)33-28(19(3)25-16-32-26-11-9-8-10-24(25)26)30(37)35-18-20(17-34(4)5)14-22-15-23(31)12-13-27(22)35/h8-13,15-16,19-21,28,32H,6-7,14,17-18H2,1-5H3,(H,33,36)/t19?,20-,28?/m1/s1. The number of fused-ring (bicyclic) bond motifs is 2. The Labute approximate surface area is 225 Å². The molecule has 0 bridgehead atoms. The summed E-state index contributed by atoms with van der Waals surface area (Å²) < 4.78 is 0. The molecular formula is C30H39ClN4O2. The molecule has 1 aliphatic rings. The number of anilines is 1. The Morgan fingerprint density at radius 3 is 2.59 bits per heavy atom. The van der Waals surface area contributed by atoms with E-state index >= 15 is 0 Å². The first-order chi connectivity index (χ1) is 17.7. The van der Waals surface area contributed by atoms with E-state index < -0.39 is 6.04 Å². The Bertz CT molecular complexity index is 1250. The summed E-state index contributed by atoms with van der Waals surface area (Å²) in [5.74, 6) is -0.229. The van der Waals surface area contributed by atoms with E-state index in [4.69, 9.17) is 11.6 Å². The number of nitrogens with one attached hydrogen (secondary N) is 2. The molecule has 0 radical (unpaired) electrons.